The lowest BCUT2D eigenvalue weighted by Crippen LogP contribution is -2.45. The largest absolute Gasteiger partial charge is 0.385 e. The van der Waals surface area contributed by atoms with Crippen molar-refractivity contribution in [2.45, 2.75) is 31.8 Å². The minimum Gasteiger partial charge on any atom is -0.385 e. The van der Waals surface area contributed by atoms with Crippen LogP contribution in [0.2, 0.25) is 0 Å². The summed E-state index contributed by atoms with van der Waals surface area (Å²) in [6, 6.07) is 8.23. The topological polar surface area (TPSA) is 20.2 Å². The van der Waals surface area contributed by atoms with E-state index in [4.69, 9.17) is 0 Å². The van der Waals surface area contributed by atoms with Crippen molar-refractivity contribution in [3.8, 4) is 0 Å². The van der Waals surface area contributed by atoms with Crippen LogP contribution in [0.25, 0.3) is 6.08 Å². The molecular weight excluding hydrogens is 172 g/mol. The number of benzene rings is 1. The zero-order chi connectivity index (χ0) is 10.4. The third-order valence-corrected chi connectivity index (χ3v) is 3.49. The second kappa shape index (κ2) is 2.71. The smallest absolute Gasteiger partial charge is 0.0893 e. The second-order valence-electron chi connectivity index (χ2n) is 4.69. The average molecular weight is 188 g/mol. The Hall–Kier alpha value is -1.08. The summed E-state index contributed by atoms with van der Waals surface area (Å²) in [6.07, 6.45) is 3.88. The molecule has 1 nitrogen and oxygen atoms in total. The summed E-state index contributed by atoms with van der Waals surface area (Å²) in [7, 11) is 0. The lowest BCUT2D eigenvalue weighted by Gasteiger charge is -2.42. The maximum atomic E-state index is 10.3. The molecule has 1 N–H and O–H groups in total. The fourth-order valence-corrected chi connectivity index (χ4v) is 1.94. The molecule has 1 aliphatic carbocycles. The summed E-state index contributed by atoms with van der Waals surface area (Å²) in [5.41, 5.74) is 1.44. The summed E-state index contributed by atoms with van der Waals surface area (Å²) in [5, 5.41) is 10.3. The molecule has 0 heterocycles. The molecule has 0 amide bonds. The molecule has 1 heteroatoms. The summed E-state index contributed by atoms with van der Waals surface area (Å²) in [6.45, 7) is 6.02. The molecule has 0 bridgehead atoms. The van der Waals surface area contributed by atoms with Crippen molar-refractivity contribution < 1.29 is 5.11 Å². The molecule has 2 rings (SSSR count). The quantitative estimate of drug-likeness (QED) is 0.663. The highest BCUT2D eigenvalue weighted by molar-refractivity contribution is 5.61. The van der Waals surface area contributed by atoms with Gasteiger partial charge in [-0.15, -0.1) is 0 Å². The van der Waals surface area contributed by atoms with E-state index in [0.29, 0.717) is 0 Å². The molecular formula is C13H16O. The standard InChI is InChI=1S/C13H16O/c1-12(2)11-7-5-4-6-10(11)8-9-13(12,3)14/h4-9,14H,1-3H3/t13-/m0/s1. The van der Waals surface area contributed by atoms with Crippen LogP contribution in [-0.2, 0) is 5.41 Å². The van der Waals surface area contributed by atoms with Crippen molar-refractivity contribution in [2.75, 3.05) is 0 Å². The average Bonchev–Trinajstić information content (AvgIpc) is 2.13. The number of hydrogen-bond acceptors (Lipinski definition) is 1. The molecule has 0 spiro atoms. The van der Waals surface area contributed by atoms with Gasteiger partial charge in [-0.3, -0.25) is 0 Å². The van der Waals surface area contributed by atoms with E-state index in [1.165, 1.54) is 11.1 Å². The van der Waals surface area contributed by atoms with E-state index in [2.05, 4.69) is 26.0 Å². The van der Waals surface area contributed by atoms with Gasteiger partial charge >= 0.3 is 0 Å². The summed E-state index contributed by atoms with van der Waals surface area (Å²) < 4.78 is 0. The summed E-state index contributed by atoms with van der Waals surface area (Å²) in [4.78, 5) is 0. The van der Waals surface area contributed by atoms with Gasteiger partial charge in [0.15, 0.2) is 0 Å². The van der Waals surface area contributed by atoms with Gasteiger partial charge in [-0.25, -0.2) is 0 Å². The van der Waals surface area contributed by atoms with Crippen LogP contribution in [0, 0.1) is 0 Å². The molecule has 1 aromatic rings. The minimum absolute atomic E-state index is 0.224. The minimum atomic E-state index is -0.763. The van der Waals surface area contributed by atoms with Gasteiger partial charge in [0.25, 0.3) is 0 Å². The van der Waals surface area contributed by atoms with E-state index in [1.807, 2.05) is 31.2 Å². The van der Waals surface area contributed by atoms with Crippen molar-refractivity contribution in [3.05, 3.63) is 41.5 Å². The van der Waals surface area contributed by atoms with Gasteiger partial charge in [0, 0.05) is 5.41 Å². The molecule has 0 radical (unpaired) electrons. The Morgan fingerprint density at radius 3 is 2.43 bits per heavy atom. The Morgan fingerprint density at radius 1 is 1.07 bits per heavy atom. The number of fused-ring (bicyclic) bond motifs is 1. The van der Waals surface area contributed by atoms with Gasteiger partial charge in [-0.2, -0.15) is 0 Å². The first kappa shape index (κ1) is 9.47. The van der Waals surface area contributed by atoms with E-state index in [0.717, 1.165) is 0 Å². The second-order valence-corrected chi connectivity index (χ2v) is 4.69. The van der Waals surface area contributed by atoms with E-state index in [-0.39, 0.29) is 5.41 Å². The highest BCUT2D eigenvalue weighted by Crippen LogP contribution is 2.41. The third kappa shape index (κ3) is 1.12. The Balaban J connectivity index is 2.66. The fourth-order valence-electron chi connectivity index (χ4n) is 1.94. The van der Waals surface area contributed by atoms with Crippen LogP contribution in [0.15, 0.2) is 30.3 Å². The SMILES string of the molecule is CC1(C)c2ccccc2C=C[C@]1(C)O. The molecule has 1 aromatic carbocycles. The maximum absolute atomic E-state index is 10.3. The summed E-state index contributed by atoms with van der Waals surface area (Å²) in [5.74, 6) is 0. The molecule has 1 atom stereocenters. The van der Waals surface area contributed by atoms with Gasteiger partial charge in [0.05, 0.1) is 5.60 Å². The lowest BCUT2D eigenvalue weighted by molar-refractivity contribution is 0.0374. The Bertz CT molecular complexity index is 386. The first-order valence-electron chi connectivity index (χ1n) is 4.96. The predicted octanol–water partition coefficient (Wildman–Crippen LogP) is 2.74. The van der Waals surface area contributed by atoms with Crippen LogP contribution in [-0.4, -0.2) is 10.7 Å². The highest BCUT2D eigenvalue weighted by atomic mass is 16.3. The van der Waals surface area contributed by atoms with Crippen molar-refractivity contribution >= 4 is 6.08 Å². The van der Waals surface area contributed by atoms with Gasteiger partial charge in [-0.1, -0.05) is 50.3 Å². The van der Waals surface area contributed by atoms with E-state index >= 15 is 0 Å². The lowest BCUT2D eigenvalue weighted by atomic mass is 9.66. The molecule has 0 saturated carbocycles. The van der Waals surface area contributed by atoms with Crippen LogP contribution in [0.1, 0.15) is 31.9 Å². The van der Waals surface area contributed by atoms with Crippen molar-refractivity contribution in [1.29, 1.82) is 0 Å². The normalized spacial score (nSPS) is 28.6. The molecule has 14 heavy (non-hydrogen) atoms. The van der Waals surface area contributed by atoms with Crippen LogP contribution < -0.4 is 0 Å². The molecule has 0 saturated heterocycles. The fraction of sp³-hybridized carbons (Fsp3) is 0.385. The molecule has 0 aliphatic heterocycles. The van der Waals surface area contributed by atoms with Crippen molar-refractivity contribution in [2.24, 2.45) is 0 Å². The third-order valence-electron chi connectivity index (χ3n) is 3.49. The van der Waals surface area contributed by atoms with Crippen LogP contribution in [0.4, 0.5) is 0 Å². The van der Waals surface area contributed by atoms with Gasteiger partial charge < -0.3 is 5.11 Å². The maximum Gasteiger partial charge on any atom is 0.0893 e. The first-order valence-corrected chi connectivity index (χ1v) is 4.96. The summed E-state index contributed by atoms with van der Waals surface area (Å²) >= 11 is 0. The molecule has 0 aromatic heterocycles. The zero-order valence-corrected chi connectivity index (χ0v) is 8.91. The highest BCUT2D eigenvalue weighted by Gasteiger charge is 2.41. The van der Waals surface area contributed by atoms with E-state index < -0.39 is 5.60 Å². The first-order chi connectivity index (χ1) is 6.45. The number of rotatable bonds is 0. The number of hydrogen-bond donors (Lipinski definition) is 1. The van der Waals surface area contributed by atoms with Crippen molar-refractivity contribution in [1.82, 2.24) is 0 Å². The van der Waals surface area contributed by atoms with Crippen LogP contribution >= 0.6 is 0 Å². The van der Waals surface area contributed by atoms with Gasteiger partial charge in [-0.05, 0) is 18.1 Å². The Morgan fingerprint density at radius 2 is 1.71 bits per heavy atom. The zero-order valence-electron chi connectivity index (χ0n) is 8.91. The van der Waals surface area contributed by atoms with Crippen LogP contribution in [0.3, 0.4) is 0 Å². The Labute approximate surface area is 85.1 Å². The monoisotopic (exact) mass is 188 g/mol. The Kier molecular flexibility index (Phi) is 1.83. The molecule has 0 unspecified atom stereocenters. The van der Waals surface area contributed by atoms with Crippen LogP contribution in [0.5, 0.6) is 0 Å². The van der Waals surface area contributed by atoms with E-state index in [1.54, 1.807) is 0 Å². The van der Waals surface area contributed by atoms with E-state index in [9.17, 15) is 5.11 Å². The predicted molar refractivity (Wildman–Crippen MR) is 59.1 cm³/mol. The van der Waals surface area contributed by atoms with Crippen molar-refractivity contribution in [3.63, 3.8) is 0 Å². The molecule has 74 valence electrons. The number of aliphatic hydroxyl groups is 1. The molecule has 1 aliphatic rings. The van der Waals surface area contributed by atoms with Gasteiger partial charge in [0.1, 0.15) is 0 Å². The molecule has 0 fully saturated rings. The van der Waals surface area contributed by atoms with Gasteiger partial charge in [0.2, 0.25) is 0 Å².